The number of nitrogen functional groups attached to an aromatic ring is 1. The fraction of sp³-hybridized carbons (Fsp3) is 0.350. The van der Waals surface area contributed by atoms with E-state index < -0.39 is 0 Å². The molecule has 2 heterocycles. The number of anilines is 1. The zero-order valence-electron chi connectivity index (χ0n) is 15.8. The number of hydrogen-bond acceptors (Lipinski definition) is 5. The summed E-state index contributed by atoms with van der Waals surface area (Å²) >= 11 is 0. The van der Waals surface area contributed by atoms with E-state index in [-0.39, 0.29) is 5.91 Å². The molecule has 0 bridgehead atoms. The van der Waals surface area contributed by atoms with Crippen molar-refractivity contribution in [2.24, 2.45) is 0 Å². The van der Waals surface area contributed by atoms with E-state index in [0.29, 0.717) is 30.1 Å². The Balaban J connectivity index is 1.97. The summed E-state index contributed by atoms with van der Waals surface area (Å²) in [6.45, 7) is 8.11. The topological polar surface area (TPSA) is 95.1 Å². The van der Waals surface area contributed by atoms with Gasteiger partial charge in [0.25, 0.3) is 0 Å². The Morgan fingerprint density at radius 3 is 2.85 bits per heavy atom. The van der Waals surface area contributed by atoms with Gasteiger partial charge in [-0.2, -0.15) is 4.73 Å². The zero-order chi connectivity index (χ0) is 19.4. The highest BCUT2D eigenvalue weighted by Crippen LogP contribution is 2.28. The van der Waals surface area contributed by atoms with Crippen molar-refractivity contribution in [3.8, 4) is 0 Å². The van der Waals surface area contributed by atoms with E-state index in [4.69, 9.17) is 15.6 Å². The van der Waals surface area contributed by atoms with Gasteiger partial charge in [0.05, 0.1) is 12.1 Å². The number of amides is 1. The molecular weight excluding hydrogens is 342 g/mol. The molecule has 0 fully saturated rings. The van der Waals surface area contributed by atoms with Crippen LogP contribution in [0.4, 0.5) is 5.82 Å². The van der Waals surface area contributed by atoms with Crippen LogP contribution in [0.1, 0.15) is 32.5 Å². The Bertz CT molecular complexity index is 993. The van der Waals surface area contributed by atoms with Crippen LogP contribution in [0, 0.1) is 0 Å². The predicted molar refractivity (Wildman–Crippen MR) is 107 cm³/mol. The number of carbonyl (C=O) groups excluding carboxylic acids is 1. The first-order valence-corrected chi connectivity index (χ1v) is 9.15. The number of benzene rings is 1. The number of hydrogen-bond donors (Lipinski definition) is 2. The molecule has 0 radical (unpaired) electrons. The van der Waals surface area contributed by atoms with Crippen molar-refractivity contribution in [3.63, 3.8) is 0 Å². The smallest absolute Gasteiger partial charge is 0.246 e. The van der Waals surface area contributed by atoms with Crippen LogP contribution < -0.4 is 15.9 Å². The van der Waals surface area contributed by atoms with Gasteiger partial charge in [0.15, 0.2) is 5.82 Å². The highest BCUT2D eigenvalue weighted by Gasteiger charge is 2.18. The number of nitrogens with one attached hydrogen (secondary N) is 1. The molecule has 0 saturated carbocycles. The minimum absolute atomic E-state index is 0.181. The molecule has 0 unspecified atom stereocenters. The fourth-order valence-corrected chi connectivity index (χ4v) is 2.91. The van der Waals surface area contributed by atoms with Crippen LogP contribution in [-0.4, -0.2) is 33.8 Å². The highest BCUT2D eigenvalue weighted by molar-refractivity contribution is 6.06. The second-order valence-electron chi connectivity index (χ2n) is 6.51. The first kappa shape index (κ1) is 18.7. The third-order valence-electron chi connectivity index (χ3n) is 4.29. The third-order valence-corrected chi connectivity index (χ3v) is 4.29. The number of unbranched alkanes of at least 4 members (excludes halogenated alkanes) is 1. The fourth-order valence-electron chi connectivity index (χ4n) is 2.91. The van der Waals surface area contributed by atoms with Gasteiger partial charge in [0, 0.05) is 17.4 Å². The first-order chi connectivity index (χ1) is 13.0. The van der Waals surface area contributed by atoms with Crippen molar-refractivity contribution in [3.05, 3.63) is 42.2 Å². The van der Waals surface area contributed by atoms with Gasteiger partial charge >= 0.3 is 0 Å². The normalized spacial score (nSPS) is 11.0. The van der Waals surface area contributed by atoms with Crippen LogP contribution in [0.25, 0.3) is 21.9 Å². The monoisotopic (exact) mass is 367 g/mol. The predicted octanol–water partition coefficient (Wildman–Crippen LogP) is 2.63. The minimum atomic E-state index is -0.181. The number of nitrogens with zero attached hydrogens (tertiary/aromatic N) is 3. The number of carbonyl (C=O) groups is 1. The number of pyridine rings is 1. The quantitative estimate of drug-likeness (QED) is 0.471. The van der Waals surface area contributed by atoms with Crippen LogP contribution >= 0.6 is 0 Å². The van der Waals surface area contributed by atoms with Gasteiger partial charge in [-0.25, -0.2) is 9.97 Å². The van der Waals surface area contributed by atoms with E-state index >= 15 is 0 Å². The zero-order valence-corrected chi connectivity index (χ0v) is 15.8. The van der Waals surface area contributed by atoms with E-state index in [0.717, 1.165) is 41.5 Å². The first-order valence-electron chi connectivity index (χ1n) is 9.15. The summed E-state index contributed by atoms with van der Waals surface area (Å²) in [6, 6.07) is 7.78. The van der Waals surface area contributed by atoms with Gasteiger partial charge < -0.3 is 15.9 Å². The van der Waals surface area contributed by atoms with E-state index in [9.17, 15) is 4.79 Å². The molecule has 3 N–H and O–H groups in total. The van der Waals surface area contributed by atoms with Gasteiger partial charge in [0.2, 0.25) is 5.91 Å². The van der Waals surface area contributed by atoms with Crippen LogP contribution in [0.5, 0.6) is 0 Å². The average Bonchev–Trinajstić information content (AvgIpc) is 3.02. The van der Waals surface area contributed by atoms with Crippen LogP contribution in [0.2, 0.25) is 0 Å². The van der Waals surface area contributed by atoms with Gasteiger partial charge in [0.1, 0.15) is 23.5 Å². The summed E-state index contributed by atoms with van der Waals surface area (Å²) in [5.74, 6) is 1.02. The number of aromatic nitrogens is 3. The molecule has 142 valence electrons. The molecule has 27 heavy (non-hydrogen) atoms. The van der Waals surface area contributed by atoms with Crippen LogP contribution in [0.15, 0.2) is 36.4 Å². The lowest BCUT2D eigenvalue weighted by atomic mass is 10.2. The number of aryl methyl sites for hydroxylation is 1. The number of para-hydroxylation sites is 1. The van der Waals surface area contributed by atoms with Crippen LogP contribution in [0.3, 0.4) is 0 Å². The lowest BCUT2D eigenvalue weighted by Crippen LogP contribution is -2.30. The molecule has 7 nitrogen and oxygen atoms in total. The number of rotatable bonds is 8. The maximum Gasteiger partial charge on any atom is 0.246 e. The summed E-state index contributed by atoms with van der Waals surface area (Å²) in [7, 11) is 0. The lowest BCUT2D eigenvalue weighted by molar-refractivity contribution is -0.117. The van der Waals surface area contributed by atoms with E-state index in [1.807, 2.05) is 24.3 Å². The molecule has 7 heteroatoms. The van der Waals surface area contributed by atoms with Crippen molar-refractivity contribution in [2.45, 2.75) is 33.1 Å². The standard InChI is InChI=1S/C20H25N5O2/c1-4-5-10-16-24-17-18(14-8-6-7-9-15(14)23-19(17)21)25(16)27-12-11-22-20(26)13(2)3/h6-9H,2,4-5,10-12H2,1,3H3,(H2,21,23)(H,22,26). The molecule has 2 aromatic heterocycles. The number of imidazole rings is 1. The molecule has 3 aromatic rings. The molecular formula is C20H25N5O2. The Morgan fingerprint density at radius 2 is 2.11 bits per heavy atom. The SMILES string of the molecule is C=C(C)C(=O)NCCOn1c(CCCC)nc2c(N)nc3ccccc3c21. The highest BCUT2D eigenvalue weighted by atomic mass is 16.7. The summed E-state index contributed by atoms with van der Waals surface area (Å²) in [5, 5.41) is 3.70. The lowest BCUT2D eigenvalue weighted by Gasteiger charge is -2.12. The summed E-state index contributed by atoms with van der Waals surface area (Å²) in [4.78, 5) is 26.8. The van der Waals surface area contributed by atoms with E-state index in [1.54, 1.807) is 11.7 Å². The molecule has 1 amide bonds. The molecule has 3 rings (SSSR count). The van der Waals surface area contributed by atoms with Crippen LogP contribution in [-0.2, 0) is 11.2 Å². The largest absolute Gasteiger partial charge is 0.410 e. The Hall–Kier alpha value is -3.09. The number of fused-ring (bicyclic) bond motifs is 3. The molecule has 0 aliphatic rings. The van der Waals surface area contributed by atoms with Gasteiger partial charge in [-0.1, -0.05) is 38.1 Å². The van der Waals surface area contributed by atoms with Gasteiger partial charge in [-0.3, -0.25) is 4.79 Å². The molecule has 0 aliphatic carbocycles. The maximum absolute atomic E-state index is 11.6. The van der Waals surface area contributed by atoms with Crippen molar-refractivity contribution < 1.29 is 9.63 Å². The second-order valence-corrected chi connectivity index (χ2v) is 6.51. The van der Waals surface area contributed by atoms with Gasteiger partial charge in [-0.05, 0) is 19.4 Å². The molecule has 0 saturated heterocycles. The van der Waals surface area contributed by atoms with E-state index in [1.165, 1.54) is 0 Å². The Labute approximate surface area is 158 Å². The summed E-state index contributed by atoms with van der Waals surface area (Å²) < 4.78 is 1.75. The third kappa shape index (κ3) is 3.86. The van der Waals surface area contributed by atoms with Crippen molar-refractivity contribution in [1.29, 1.82) is 0 Å². The number of nitrogens with two attached hydrogens (primary N) is 1. The average molecular weight is 367 g/mol. The Morgan fingerprint density at radius 1 is 1.33 bits per heavy atom. The molecule has 0 atom stereocenters. The Kier molecular flexibility index (Phi) is 5.59. The van der Waals surface area contributed by atoms with Gasteiger partial charge in [-0.15, -0.1) is 0 Å². The minimum Gasteiger partial charge on any atom is -0.410 e. The van der Waals surface area contributed by atoms with E-state index in [2.05, 4.69) is 23.8 Å². The van der Waals surface area contributed by atoms with Crippen molar-refractivity contribution in [2.75, 3.05) is 18.9 Å². The molecule has 0 spiro atoms. The summed E-state index contributed by atoms with van der Waals surface area (Å²) in [6.07, 6.45) is 2.81. The molecule has 1 aromatic carbocycles. The van der Waals surface area contributed by atoms with Crippen molar-refractivity contribution >= 4 is 33.7 Å². The summed E-state index contributed by atoms with van der Waals surface area (Å²) in [5.41, 5.74) is 8.88. The van der Waals surface area contributed by atoms with Crippen molar-refractivity contribution in [1.82, 2.24) is 20.0 Å². The second kappa shape index (κ2) is 8.07. The molecule has 0 aliphatic heterocycles. The maximum atomic E-state index is 11.6.